The van der Waals surface area contributed by atoms with Crippen molar-refractivity contribution >= 4 is 64.5 Å². The number of anilines is 1. The molecule has 0 aliphatic heterocycles. The number of benzene rings is 3. The maximum atomic E-state index is 12.3. The fraction of sp³-hybridized carbons (Fsp3) is 0. The molecule has 0 heterocycles. The summed E-state index contributed by atoms with van der Waals surface area (Å²) in [6, 6.07) is 17.1. The van der Waals surface area contributed by atoms with Crippen molar-refractivity contribution in [2.45, 2.75) is 0 Å². The van der Waals surface area contributed by atoms with Crippen LogP contribution in [0.1, 0.15) is 15.9 Å². The van der Waals surface area contributed by atoms with Crippen LogP contribution in [0.25, 0.3) is 0 Å². The van der Waals surface area contributed by atoms with E-state index in [2.05, 4.69) is 15.8 Å². The van der Waals surface area contributed by atoms with Crippen molar-refractivity contribution in [1.29, 1.82) is 0 Å². The number of nitrogens with one attached hydrogen (secondary N) is 2. The highest BCUT2D eigenvalue weighted by Crippen LogP contribution is 2.23. The summed E-state index contributed by atoms with van der Waals surface area (Å²) in [4.78, 5) is 36.1. The zero-order valence-corrected chi connectivity index (χ0v) is 18.4. The Bertz CT molecular complexity index is 1200. The van der Waals surface area contributed by atoms with Crippen LogP contribution < -0.4 is 15.5 Å². The van der Waals surface area contributed by atoms with E-state index in [1.54, 1.807) is 42.5 Å². The lowest BCUT2D eigenvalue weighted by Gasteiger charge is -2.07. The first-order valence-electron chi connectivity index (χ1n) is 8.99. The SMILES string of the molecule is O=C(N/N=C\c1cccc(OC(=O)c2ccc(Cl)cc2Cl)c1)C(=O)Nc1ccc(Cl)cc1. The van der Waals surface area contributed by atoms with E-state index in [-0.39, 0.29) is 16.3 Å². The quantitative estimate of drug-likeness (QED) is 0.174. The Morgan fingerprint density at radius 2 is 1.56 bits per heavy atom. The molecule has 162 valence electrons. The molecule has 2 N–H and O–H groups in total. The highest BCUT2D eigenvalue weighted by molar-refractivity contribution is 6.39. The fourth-order valence-electron chi connectivity index (χ4n) is 2.41. The number of halogens is 3. The fourth-order valence-corrected chi connectivity index (χ4v) is 3.02. The molecule has 0 saturated carbocycles. The van der Waals surface area contributed by atoms with Gasteiger partial charge in [0.15, 0.2) is 0 Å². The molecule has 32 heavy (non-hydrogen) atoms. The lowest BCUT2D eigenvalue weighted by atomic mass is 10.2. The van der Waals surface area contributed by atoms with E-state index in [9.17, 15) is 14.4 Å². The van der Waals surface area contributed by atoms with Crippen molar-refractivity contribution in [3.8, 4) is 5.75 Å². The second kappa shape index (κ2) is 10.8. The van der Waals surface area contributed by atoms with Gasteiger partial charge in [-0.1, -0.05) is 46.9 Å². The van der Waals surface area contributed by atoms with Crippen LogP contribution >= 0.6 is 34.8 Å². The van der Waals surface area contributed by atoms with Gasteiger partial charge in [0.25, 0.3) is 0 Å². The van der Waals surface area contributed by atoms with Gasteiger partial charge in [0, 0.05) is 15.7 Å². The maximum absolute atomic E-state index is 12.3. The minimum atomic E-state index is -0.962. The minimum Gasteiger partial charge on any atom is -0.423 e. The summed E-state index contributed by atoms with van der Waals surface area (Å²) in [5, 5.41) is 7.21. The minimum absolute atomic E-state index is 0.161. The summed E-state index contributed by atoms with van der Waals surface area (Å²) in [6.07, 6.45) is 1.29. The van der Waals surface area contributed by atoms with Crippen molar-refractivity contribution in [1.82, 2.24) is 5.43 Å². The average Bonchev–Trinajstić information content (AvgIpc) is 2.75. The molecule has 7 nitrogen and oxygen atoms in total. The van der Waals surface area contributed by atoms with Crippen molar-refractivity contribution in [2.75, 3.05) is 5.32 Å². The van der Waals surface area contributed by atoms with Crippen molar-refractivity contribution in [3.63, 3.8) is 0 Å². The van der Waals surface area contributed by atoms with Crippen LogP contribution in [-0.4, -0.2) is 24.0 Å². The summed E-state index contributed by atoms with van der Waals surface area (Å²) >= 11 is 17.6. The van der Waals surface area contributed by atoms with E-state index in [4.69, 9.17) is 39.5 Å². The van der Waals surface area contributed by atoms with Crippen LogP contribution in [0.15, 0.2) is 71.8 Å². The second-order valence-corrected chi connectivity index (χ2v) is 7.53. The third kappa shape index (κ3) is 6.55. The van der Waals surface area contributed by atoms with Crippen LogP contribution in [0.3, 0.4) is 0 Å². The molecular formula is C22H14Cl3N3O4. The zero-order chi connectivity index (χ0) is 23.1. The number of amides is 2. The molecule has 0 aliphatic rings. The molecule has 3 aromatic carbocycles. The number of ether oxygens (including phenoxy) is 1. The molecule has 0 radical (unpaired) electrons. The Morgan fingerprint density at radius 1 is 0.844 bits per heavy atom. The van der Waals surface area contributed by atoms with Gasteiger partial charge in [-0.25, -0.2) is 10.2 Å². The third-order valence-electron chi connectivity index (χ3n) is 3.91. The van der Waals surface area contributed by atoms with E-state index < -0.39 is 17.8 Å². The topological polar surface area (TPSA) is 96.9 Å². The van der Waals surface area contributed by atoms with E-state index in [1.165, 1.54) is 30.5 Å². The van der Waals surface area contributed by atoms with Gasteiger partial charge in [-0.15, -0.1) is 0 Å². The predicted octanol–water partition coefficient (Wildman–Crippen LogP) is 4.95. The molecule has 2 amide bonds. The van der Waals surface area contributed by atoms with Gasteiger partial charge in [0.05, 0.1) is 16.8 Å². The first-order valence-corrected chi connectivity index (χ1v) is 10.1. The molecule has 0 aromatic heterocycles. The van der Waals surface area contributed by atoms with Gasteiger partial charge in [0.2, 0.25) is 0 Å². The number of rotatable bonds is 5. The molecule has 10 heteroatoms. The molecule has 0 atom stereocenters. The lowest BCUT2D eigenvalue weighted by molar-refractivity contribution is -0.136. The van der Waals surface area contributed by atoms with Gasteiger partial charge >= 0.3 is 17.8 Å². The number of hydrogen-bond acceptors (Lipinski definition) is 5. The van der Waals surface area contributed by atoms with E-state index >= 15 is 0 Å². The molecule has 0 spiro atoms. The Labute approximate surface area is 197 Å². The second-order valence-electron chi connectivity index (χ2n) is 6.25. The molecule has 0 fully saturated rings. The van der Waals surface area contributed by atoms with Crippen LogP contribution in [0.4, 0.5) is 5.69 Å². The normalized spacial score (nSPS) is 10.6. The lowest BCUT2D eigenvalue weighted by Crippen LogP contribution is -2.32. The van der Waals surface area contributed by atoms with E-state index in [0.29, 0.717) is 21.3 Å². The third-order valence-corrected chi connectivity index (χ3v) is 4.71. The smallest absolute Gasteiger partial charge is 0.345 e. The number of esters is 1. The van der Waals surface area contributed by atoms with Crippen LogP contribution in [-0.2, 0) is 9.59 Å². The standard InChI is InChI=1S/C22H14Cl3N3O4/c23-14-4-7-16(8-5-14)27-20(29)21(30)28-26-12-13-2-1-3-17(10-13)32-22(31)18-9-6-15(24)11-19(18)25/h1-12H,(H,27,29)(H,28,30)/b26-12-. The highest BCUT2D eigenvalue weighted by atomic mass is 35.5. The molecule has 3 aromatic rings. The summed E-state index contributed by atoms with van der Waals surface area (Å²) in [6.45, 7) is 0. The number of nitrogens with zero attached hydrogens (tertiary/aromatic N) is 1. The van der Waals surface area contributed by atoms with E-state index in [1.807, 2.05) is 0 Å². The first-order chi connectivity index (χ1) is 15.3. The monoisotopic (exact) mass is 489 g/mol. The maximum Gasteiger partial charge on any atom is 0.345 e. The van der Waals surface area contributed by atoms with Crippen molar-refractivity contribution in [3.05, 3.63) is 92.9 Å². The predicted molar refractivity (Wildman–Crippen MR) is 124 cm³/mol. The Balaban J connectivity index is 1.57. The zero-order valence-electron chi connectivity index (χ0n) is 16.1. The van der Waals surface area contributed by atoms with E-state index in [0.717, 1.165) is 0 Å². The first kappa shape index (κ1) is 23.3. The molecular weight excluding hydrogens is 477 g/mol. The van der Waals surface area contributed by atoms with Crippen LogP contribution in [0.2, 0.25) is 15.1 Å². The Morgan fingerprint density at radius 3 is 2.28 bits per heavy atom. The van der Waals surface area contributed by atoms with Gasteiger partial charge < -0.3 is 10.1 Å². The summed E-state index contributed by atoms with van der Waals surface area (Å²) in [7, 11) is 0. The largest absolute Gasteiger partial charge is 0.423 e. The van der Waals surface area contributed by atoms with Gasteiger partial charge in [0.1, 0.15) is 5.75 Å². The highest BCUT2D eigenvalue weighted by Gasteiger charge is 2.14. The van der Waals surface area contributed by atoms with Crippen molar-refractivity contribution < 1.29 is 19.1 Å². The number of carbonyl (C=O) groups is 3. The van der Waals surface area contributed by atoms with Crippen LogP contribution in [0.5, 0.6) is 5.75 Å². The average molecular weight is 491 g/mol. The molecule has 0 bridgehead atoms. The number of carbonyl (C=O) groups excluding carboxylic acids is 3. The Kier molecular flexibility index (Phi) is 7.83. The van der Waals surface area contributed by atoms with Crippen molar-refractivity contribution in [2.24, 2.45) is 5.10 Å². The van der Waals surface area contributed by atoms with Gasteiger partial charge in [-0.2, -0.15) is 5.10 Å². The van der Waals surface area contributed by atoms with Gasteiger partial charge in [-0.05, 0) is 60.2 Å². The Hall–Kier alpha value is -3.39. The number of hydrazone groups is 1. The molecule has 0 aliphatic carbocycles. The summed E-state index contributed by atoms with van der Waals surface area (Å²) < 4.78 is 5.31. The van der Waals surface area contributed by atoms with Gasteiger partial charge in [-0.3, -0.25) is 9.59 Å². The van der Waals surface area contributed by atoms with Crippen LogP contribution in [0, 0.1) is 0 Å². The molecule has 3 rings (SSSR count). The summed E-state index contributed by atoms with van der Waals surface area (Å²) in [5.41, 5.74) is 3.20. The number of hydrogen-bond donors (Lipinski definition) is 2. The summed E-state index contributed by atoms with van der Waals surface area (Å²) in [5.74, 6) is -2.28. The molecule has 0 saturated heterocycles. The molecule has 0 unspecified atom stereocenters.